The van der Waals surface area contributed by atoms with Gasteiger partial charge >= 0.3 is 0 Å². The van der Waals surface area contributed by atoms with E-state index in [2.05, 4.69) is 17.0 Å². The van der Waals surface area contributed by atoms with E-state index in [0.29, 0.717) is 23.1 Å². The lowest BCUT2D eigenvalue weighted by Gasteiger charge is -2.13. The minimum absolute atomic E-state index is 0.276. The van der Waals surface area contributed by atoms with Crippen molar-refractivity contribution in [3.8, 4) is 11.5 Å². The largest absolute Gasteiger partial charge is 0.493 e. The Bertz CT molecular complexity index is 601. The van der Waals surface area contributed by atoms with Crippen LogP contribution in [0.15, 0.2) is 18.5 Å². The molecule has 0 radical (unpaired) electrons. The molecule has 0 aliphatic carbocycles. The molecular formula is C14H19ClN4O2. The van der Waals surface area contributed by atoms with Crippen LogP contribution in [-0.2, 0) is 19.7 Å². The fourth-order valence-corrected chi connectivity index (χ4v) is 2.25. The van der Waals surface area contributed by atoms with Gasteiger partial charge < -0.3 is 15.2 Å². The van der Waals surface area contributed by atoms with E-state index in [9.17, 15) is 0 Å². The molecule has 0 aliphatic heterocycles. The molecular weight excluding hydrogens is 292 g/mol. The van der Waals surface area contributed by atoms with Crippen LogP contribution in [0, 0.1) is 0 Å². The monoisotopic (exact) mass is 310 g/mol. The minimum Gasteiger partial charge on any atom is -0.493 e. The number of nitrogens with zero attached hydrogens (tertiary/aromatic N) is 3. The first-order chi connectivity index (χ1) is 10.2. The molecule has 2 aromatic rings. The van der Waals surface area contributed by atoms with Crippen LogP contribution in [0.25, 0.3) is 0 Å². The molecule has 114 valence electrons. The maximum atomic E-state index is 6.23. The van der Waals surface area contributed by atoms with Gasteiger partial charge in [-0.1, -0.05) is 18.5 Å². The number of ether oxygens (including phenoxy) is 2. The molecule has 7 heteroatoms. The van der Waals surface area contributed by atoms with Crippen molar-refractivity contribution in [1.29, 1.82) is 0 Å². The number of nitrogens with two attached hydrogens (primary N) is 1. The van der Waals surface area contributed by atoms with Crippen LogP contribution >= 0.6 is 11.6 Å². The van der Waals surface area contributed by atoms with E-state index < -0.39 is 0 Å². The van der Waals surface area contributed by atoms with Crippen LogP contribution in [0.1, 0.15) is 24.7 Å². The van der Waals surface area contributed by atoms with Gasteiger partial charge in [-0.2, -0.15) is 5.10 Å². The van der Waals surface area contributed by atoms with Crippen molar-refractivity contribution in [2.24, 2.45) is 5.73 Å². The Hall–Kier alpha value is -1.79. The molecule has 0 aliphatic rings. The molecule has 0 atom stereocenters. The SMILES string of the molecule is CCCn1ncnc1COc1c(Cl)cc(CN)cc1OC. The van der Waals surface area contributed by atoms with Gasteiger partial charge in [-0.05, 0) is 24.1 Å². The maximum absolute atomic E-state index is 6.23. The summed E-state index contributed by atoms with van der Waals surface area (Å²) in [4.78, 5) is 4.19. The lowest BCUT2D eigenvalue weighted by Crippen LogP contribution is -2.09. The zero-order valence-electron chi connectivity index (χ0n) is 12.2. The number of aromatic nitrogens is 3. The van der Waals surface area contributed by atoms with Crippen molar-refractivity contribution in [1.82, 2.24) is 14.8 Å². The second kappa shape index (κ2) is 7.28. The van der Waals surface area contributed by atoms with Gasteiger partial charge in [-0.3, -0.25) is 0 Å². The van der Waals surface area contributed by atoms with Gasteiger partial charge in [0.2, 0.25) is 0 Å². The molecule has 0 spiro atoms. The Morgan fingerprint density at radius 3 is 2.86 bits per heavy atom. The van der Waals surface area contributed by atoms with Gasteiger partial charge in [0.1, 0.15) is 12.9 Å². The third-order valence-corrected chi connectivity index (χ3v) is 3.28. The Morgan fingerprint density at radius 1 is 1.38 bits per heavy atom. The van der Waals surface area contributed by atoms with Gasteiger partial charge in [0.25, 0.3) is 0 Å². The minimum atomic E-state index is 0.276. The molecule has 0 fully saturated rings. The summed E-state index contributed by atoms with van der Waals surface area (Å²) in [5.74, 6) is 1.80. The molecule has 2 N–H and O–H groups in total. The quantitative estimate of drug-likeness (QED) is 0.850. The number of methoxy groups -OCH3 is 1. The highest BCUT2D eigenvalue weighted by Crippen LogP contribution is 2.36. The second-order valence-corrected chi connectivity index (χ2v) is 4.91. The lowest BCUT2D eigenvalue weighted by atomic mass is 10.2. The molecule has 21 heavy (non-hydrogen) atoms. The Balaban J connectivity index is 2.17. The summed E-state index contributed by atoms with van der Waals surface area (Å²) in [5.41, 5.74) is 6.51. The molecule has 1 aromatic heterocycles. The highest BCUT2D eigenvalue weighted by atomic mass is 35.5. The van der Waals surface area contributed by atoms with Gasteiger partial charge in [-0.25, -0.2) is 9.67 Å². The fourth-order valence-electron chi connectivity index (χ4n) is 1.97. The van der Waals surface area contributed by atoms with Crippen molar-refractivity contribution < 1.29 is 9.47 Å². The molecule has 0 bridgehead atoms. The van der Waals surface area contributed by atoms with Crippen LogP contribution in [0.3, 0.4) is 0 Å². The highest BCUT2D eigenvalue weighted by Gasteiger charge is 2.13. The Kier molecular flexibility index (Phi) is 5.41. The van der Waals surface area contributed by atoms with Crippen LogP contribution in [-0.4, -0.2) is 21.9 Å². The number of rotatable bonds is 7. The van der Waals surface area contributed by atoms with E-state index in [0.717, 1.165) is 24.4 Å². The van der Waals surface area contributed by atoms with Crippen LogP contribution < -0.4 is 15.2 Å². The summed E-state index contributed by atoms with van der Waals surface area (Å²) >= 11 is 6.23. The normalized spacial score (nSPS) is 10.7. The van der Waals surface area contributed by atoms with E-state index in [1.54, 1.807) is 13.2 Å². The molecule has 0 unspecified atom stereocenters. The topological polar surface area (TPSA) is 75.2 Å². The number of aryl methyl sites for hydroxylation is 1. The maximum Gasteiger partial charge on any atom is 0.180 e. The molecule has 1 heterocycles. The van der Waals surface area contributed by atoms with E-state index >= 15 is 0 Å². The summed E-state index contributed by atoms with van der Waals surface area (Å²) in [7, 11) is 1.57. The average molecular weight is 311 g/mol. The first-order valence-electron chi connectivity index (χ1n) is 6.75. The standard InChI is InChI=1S/C14H19ClN4O2/c1-3-4-19-13(17-9-18-19)8-21-14-11(15)5-10(7-16)6-12(14)20-2/h5-6,9H,3-4,7-8,16H2,1-2H3. The third-order valence-electron chi connectivity index (χ3n) is 3.00. The zero-order chi connectivity index (χ0) is 15.2. The second-order valence-electron chi connectivity index (χ2n) is 4.50. The van der Waals surface area contributed by atoms with Crippen LogP contribution in [0.4, 0.5) is 0 Å². The van der Waals surface area contributed by atoms with E-state index in [4.69, 9.17) is 26.8 Å². The molecule has 1 aromatic carbocycles. The summed E-state index contributed by atoms with van der Waals surface area (Å²) in [6.45, 7) is 3.55. The summed E-state index contributed by atoms with van der Waals surface area (Å²) in [5, 5.41) is 4.62. The summed E-state index contributed by atoms with van der Waals surface area (Å²) in [6.07, 6.45) is 2.50. The highest BCUT2D eigenvalue weighted by molar-refractivity contribution is 6.32. The van der Waals surface area contributed by atoms with Crippen molar-refractivity contribution >= 4 is 11.6 Å². The number of halogens is 1. The number of benzene rings is 1. The first kappa shape index (κ1) is 15.6. The van der Waals surface area contributed by atoms with Crippen LogP contribution in [0.2, 0.25) is 5.02 Å². The third kappa shape index (κ3) is 3.65. The van der Waals surface area contributed by atoms with Crippen molar-refractivity contribution in [2.75, 3.05) is 7.11 Å². The average Bonchev–Trinajstić information content (AvgIpc) is 2.93. The Labute approximate surface area is 128 Å². The first-order valence-corrected chi connectivity index (χ1v) is 7.13. The molecule has 0 saturated carbocycles. The predicted octanol–water partition coefficient (Wildman–Crippen LogP) is 2.39. The predicted molar refractivity (Wildman–Crippen MR) is 80.5 cm³/mol. The zero-order valence-corrected chi connectivity index (χ0v) is 12.9. The van der Waals surface area contributed by atoms with E-state index in [-0.39, 0.29) is 6.61 Å². The van der Waals surface area contributed by atoms with Crippen molar-refractivity contribution in [2.45, 2.75) is 33.0 Å². The molecule has 6 nitrogen and oxygen atoms in total. The summed E-state index contributed by atoms with van der Waals surface area (Å²) in [6, 6.07) is 3.59. The van der Waals surface area contributed by atoms with Crippen molar-refractivity contribution in [3.05, 3.63) is 34.9 Å². The van der Waals surface area contributed by atoms with Gasteiger partial charge in [-0.15, -0.1) is 0 Å². The smallest absolute Gasteiger partial charge is 0.180 e. The van der Waals surface area contributed by atoms with E-state index in [1.165, 1.54) is 6.33 Å². The number of hydrogen-bond donors (Lipinski definition) is 1. The number of hydrogen-bond acceptors (Lipinski definition) is 5. The van der Waals surface area contributed by atoms with Crippen molar-refractivity contribution in [3.63, 3.8) is 0 Å². The van der Waals surface area contributed by atoms with Gasteiger partial charge in [0.05, 0.1) is 12.1 Å². The molecule has 0 saturated heterocycles. The molecule has 2 rings (SSSR count). The van der Waals surface area contributed by atoms with Gasteiger partial charge in [0, 0.05) is 13.1 Å². The lowest BCUT2D eigenvalue weighted by molar-refractivity contribution is 0.269. The Morgan fingerprint density at radius 2 is 2.19 bits per heavy atom. The molecule has 0 amide bonds. The van der Waals surface area contributed by atoms with E-state index in [1.807, 2.05) is 10.7 Å². The fraction of sp³-hybridized carbons (Fsp3) is 0.429. The summed E-state index contributed by atoms with van der Waals surface area (Å²) < 4.78 is 12.9. The van der Waals surface area contributed by atoms with Gasteiger partial charge in [0.15, 0.2) is 17.3 Å². The van der Waals surface area contributed by atoms with Crippen LogP contribution in [0.5, 0.6) is 11.5 Å².